The fourth-order valence-electron chi connectivity index (χ4n) is 10.9. The van der Waals surface area contributed by atoms with Crippen LogP contribution in [0.1, 0.15) is 97.4 Å². The lowest BCUT2D eigenvalue weighted by atomic mass is 9.83. The van der Waals surface area contributed by atoms with E-state index >= 15 is 0 Å². The quantitative estimate of drug-likeness (QED) is 0.0455. The normalized spacial score (nSPS) is 13.6. The number of carbonyl (C=O) groups is 3. The monoisotopic (exact) mass is 1110 g/mol. The second-order valence-corrected chi connectivity index (χ2v) is 22.4. The maximum atomic E-state index is 13.8. The van der Waals surface area contributed by atoms with Gasteiger partial charge in [-0.25, -0.2) is 13.0 Å². The van der Waals surface area contributed by atoms with Gasteiger partial charge in [-0.2, -0.15) is 0 Å². The molecule has 0 saturated heterocycles. The van der Waals surface area contributed by atoms with Gasteiger partial charge in [0.1, 0.15) is 40.5 Å². The molecule has 0 atom stereocenters. The molecule has 3 heterocycles. The van der Waals surface area contributed by atoms with Gasteiger partial charge in [-0.3, -0.25) is 19.0 Å². The molecule has 13 nitrogen and oxygen atoms in total. The van der Waals surface area contributed by atoms with Gasteiger partial charge in [-0.1, -0.05) is 80.4 Å². The highest BCUT2D eigenvalue weighted by molar-refractivity contribution is 7.85. The lowest BCUT2D eigenvalue weighted by Crippen LogP contribution is -2.29. The van der Waals surface area contributed by atoms with Crippen molar-refractivity contribution in [1.82, 2.24) is 14.5 Å². The number of hydrogen-bond donors (Lipinski definition) is 2. The van der Waals surface area contributed by atoms with Crippen LogP contribution in [0.25, 0.3) is 39.4 Å². The average molecular weight is 1110 g/mol. The van der Waals surface area contributed by atoms with E-state index in [2.05, 4.69) is 71.2 Å². The second kappa shape index (κ2) is 24.1. The van der Waals surface area contributed by atoms with Crippen molar-refractivity contribution in [3.63, 3.8) is 0 Å². The molecule has 2 amide bonds. The van der Waals surface area contributed by atoms with Gasteiger partial charge in [0.2, 0.25) is 17.2 Å². The highest BCUT2D eigenvalue weighted by atomic mass is 35.5. The maximum absolute atomic E-state index is 13.8. The van der Waals surface area contributed by atoms with Crippen LogP contribution in [0.2, 0.25) is 5.02 Å². The number of fused-ring (bicyclic) bond motifs is 3. The molecule has 1 aromatic heterocycles. The number of benzene rings is 6. The standard InChI is InChI=1S/C65H66ClN5O8S/c1-8-69(9-2)49-30-33-52-59(37-49)79-58(42(3)63(52)45-17-12-10-13-18-45)19-16-20-60-65(5,6)55-39-51(80(75,76)77)32-35-57(55)70(60)36-15-11-14-21-61(72)67-41-44-22-28-48(29-23-44)68-62(73)40-53-43(4)71(56-34-31-50(78-7)38-54(53)56)64(74)46-24-26-47(66)27-25-46/h10,12-13,16-20,22-35,37-39H,8-9,11,14-15,21,36,40-41H2,1-7H3,(H2-,67,68,72,73,75,76,77). The number of aromatic nitrogens is 1. The number of methoxy groups -OCH3 is 1. The zero-order valence-electron chi connectivity index (χ0n) is 46.2. The Morgan fingerprint density at radius 3 is 2.27 bits per heavy atom. The van der Waals surface area contributed by atoms with Gasteiger partial charge in [0.15, 0.2) is 0 Å². The molecule has 412 valence electrons. The zero-order valence-corrected chi connectivity index (χ0v) is 47.8. The van der Waals surface area contributed by atoms with Gasteiger partial charge in [0.25, 0.3) is 5.91 Å². The van der Waals surface area contributed by atoms with Gasteiger partial charge in [-0.15, -0.1) is 0 Å². The molecule has 2 aliphatic heterocycles. The molecule has 2 N–H and O–H groups in total. The van der Waals surface area contributed by atoms with Gasteiger partial charge >= 0.3 is 0 Å². The van der Waals surface area contributed by atoms with Crippen LogP contribution in [-0.2, 0) is 38.1 Å². The molecule has 0 spiro atoms. The third-order valence-corrected chi connectivity index (χ3v) is 16.3. The van der Waals surface area contributed by atoms with Crippen molar-refractivity contribution < 1.29 is 36.5 Å². The van der Waals surface area contributed by atoms with Crippen LogP contribution >= 0.6 is 11.6 Å². The Kier molecular flexibility index (Phi) is 17.1. The average Bonchev–Trinajstić information content (AvgIpc) is 3.88. The molecule has 0 radical (unpaired) electrons. The molecule has 15 heteroatoms. The molecule has 9 rings (SSSR count). The highest BCUT2D eigenvalue weighted by Crippen LogP contribution is 2.49. The number of amides is 2. The summed E-state index contributed by atoms with van der Waals surface area (Å²) >= 11 is 6.10. The summed E-state index contributed by atoms with van der Waals surface area (Å²) in [5.41, 5.74) is 9.97. The van der Waals surface area contributed by atoms with E-state index in [0.717, 1.165) is 87.2 Å². The largest absolute Gasteiger partial charge is 0.744 e. The Morgan fingerprint density at radius 2 is 1.57 bits per heavy atom. The minimum atomic E-state index is -4.70. The summed E-state index contributed by atoms with van der Waals surface area (Å²) < 4.78 is 52.8. The van der Waals surface area contributed by atoms with E-state index in [0.29, 0.717) is 70.5 Å². The molecule has 1 aliphatic carbocycles. The number of unbranched alkanes of at least 4 members (excludes halogenated alkanes) is 2. The van der Waals surface area contributed by atoms with E-state index in [4.69, 9.17) is 20.8 Å². The molecular weight excluding hydrogens is 1050 g/mol. The van der Waals surface area contributed by atoms with Crippen LogP contribution in [0.4, 0.5) is 11.4 Å². The van der Waals surface area contributed by atoms with Gasteiger partial charge < -0.3 is 29.2 Å². The van der Waals surface area contributed by atoms with Crippen LogP contribution in [0, 0.1) is 13.8 Å². The van der Waals surface area contributed by atoms with Crippen LogP contribution in [-0.4, -0.2) is 62.0 Å². The van der Waals surface area contributed by atoms with Gasteiger partial charge in [-0.05, 0) is 159 Å². The summed E-state index contributed by atoms with van der Waals surface area (Å²) in [6.07, 6.45) is 8.49. The van der Waals surface area contributed by atoms with Gasteiger partial charge in [0.05, 0.1) is 30.0 Å². The van der Waals surface area contributed by atoms with Crippen LogP contribution in [0.15, 0.2) is 161 Å². The molecule has 0 bridgehead atoms. The third-order valence-electron chi connectivity index (χ3n) is 15.2. The van der Waals surface area contributed by atoms with E-state index in [9.17, 15) is 27.4 Å². The third kappa shape index (κ3) is 12.1. The number of rotatable bonds is 19. The van der Waals surface area contributed by atoms with Crippen LogP contribution in [0.5, 0.6) is 5.75 Å². The van der Waals surface area contributed by atoms with Crippen molar-refractivity contribution in [2.45, 2.75) is 90.5 Å². The summed E-state index contributed by atoms with van der Waals surface area (Å²) in [6.45, 7) is 14.9. The predicted octanol–water partition coefficient (Wildman–Crippen LogP) is 12.4. The van der Waals surface area contributed by atoms with E-state index in [-0.39, 0.29) is 29.0 Å². The first-order valence-corrected chi connectivity index (χ1v) is 28.8. The van der Waals surface area contributed by atoms with Crippen molar-refractivity contribution in [1.29, 1.82) is 0 Å². The Balaban J connectivity index is 0.835. The Bertz CT molecular complexity index is 3850. The van der Waals surface area contributed by atoms with Crippen LogP contribution in [0.3, 0.4) is 0 Å². The molecule has 0 saturated carbocycles. The molecule has 3 aliphatic rings. The fraction of sp³-hybridized carbons (Fsp3) is 0.262. The summed E-state index contributed by atoms with van der Waals surface area (Å²) in [6, 6.07) is 40.7. The first-order valence-electron chi connectivity index (χ1n) is 27.0. The number of hydrogen-bond acceptors (Lipinski definition) is 9. The van der Waals surface area contributed by atoms with Crippen molar-refractivity contribution >= 4 is 67.8 Å². The first-order chi connectivity index (χ1) is 38.4. The number of carbonyl (C=O) groups excluding carboxylic acids is 3. The number of allylic oxidation sites excluding steroid dienone is 3. The zero-order chi connectivity index (χ0) is 56.9. The number of halogens is 1. The topological polar surface area (TPSA) is 166 Å². The fourth-order valence-corrected chi connectivity index (χ4v) is 11.5. The Labute approximate surface area is 473 Å². The van der Waals surface area contributed by atoms with Crippen molar-refractivity contribution in [2.24, 2.45) is 0 Å². The highest BCUT2D eigenvalue weighted by Gasteiger charge is 2.40. The summed E-state index contributed by atoms with van der Waals surface area (Å²) in [4.78, 5) is 42.4. The number of ether oxygens (including phenoxy) is 1. The molecule has 6 aromatic rings. The summed E-state index contributed by atoms with van der Waals surface area (Å²) in [7, 11) is -3.13. The van der Waals surface area contributed by atoms with Crippen LogP contribution < -0.4 is 30.2 Å². The van der Waals surface area contributed by atoms with Crippen molar-refractivity contribution in [3.8, 4) is 28.2 Å². The number of anilines is 2. The summed E-state index contributed by atoms with van der Waals surface area (Å²) in [5.74, 6) is 1.51. The van der Waals surface area contributed by atoms with E-state index in [1.165, 1.54) is 12.1 Å². The maximum Gasteiger partial charge on any atom is 0.262 e. The smallest absolute Gasteiger partial charge is 0.262 e. The SMILES string of the molecule is CC[N+](CC)=c1ccc2c(-c3ccccc3)c(C)c(/C=C/C=C3/N(CCCCCC(=O)NCc4ccc(NC(=O)Cc5c(C)n(C(=O)c6ccc(Cl)cc6)c6ccc(OC)cc56)cc4)c4ccc(S(=O)(=O)[O-])cc4C3(C)C)oc-2c1. The number of nitrogens with zero attached hydrogens (tertiary/aromatic N) is 3. The van der Waals surface area contributed by atoms with E-state index < -0.39 is 15.5 Å². The predicted molar refractivity (Wildman–Crippen MR) is 317 cm³/mol. The second-order valence-electron chi connectivity index (χ2n) is 20.6. The molecule has 5 aromatic carbocycles. The molecule has 0 fully saturated rings. The minimum Gasteiger partial charge on any atom is -0.744 e. The molecular formula is C65H66ClN5O8S. The minimum absolute atomic E-state index is 0.0148. The molecule has 0 unspecified atom stereocenters. The van der Waals surface area contributed by atoms with Crippen molar-refractivity contribution in [3.05, 3.63) is 201 Å². The lowest BCUT2D eigenvalue weighted by molar-refractivity contribution is -0.121. The number of nitrogens with one attached hydrogen (secondary N) is 2. The Morgan fingerprint density at radius 1 is 0.838 bits per heavy atom. The van der Waals surface area contributed by atoms with Gasteiger partial charge in [0, 0.05) is 80.9 Å². The molecule has 80 heavy (non-hydrogen) atoms. The van der Waals surface area contributed by atoms with Crippen molar-refractivity contribution in [2.75, 3.05) is 37.0 Å². The summed E-state index contributed by atoms with van der Waals surface area (Å²) in [5, 5.41) is 8.35. The first kappa shape index (κ1) is 56.7. The van der Waals surface area contributed by atoms with E-state index in [1.54, 1.807) is 60.2 Å². The Hall–Kier alpha value is -8.04. The lowest BCUT2D eigenvalue weighted by Gasteiger charge is -2.27. The van der Waals surface area contributed by atoms with E-state index in [1.807, 2.05) is 81.5 Å².